The SMILES string of the molecule is CCN1CCCC[C@H]1[C@H]1CCCCCN1. The summed E-state index contributed by atoms with van der Waals surface area (Å²) in [6, 6.07) is 1.62. The molecule has 0 bridgehead atoms. The molecule has 2 aliphatic heterocycles. The van der Waals surface area contributed by atoms with Crippen molar-refractivity contribution >= 4 is 0 Å². The van der Waals surface area contributed by atoms with Crippen molar-refractivity contribution in [3.63, 3.8) is 0 Å². The Bertz CT molecular complexity index is 173. The lowest BCUT2D eigenvalue weighted by molar-refractivity contribution is 0.119. The van der Waals surface area contributed by atoms with Gasteiger partial charge in [0.15, 0.2) is 0 Å². The van der Waals surface area contributed by atoms with Crippen LogP contribution in [0, 0.1) is 0 Å². The molecule has 2 atom stereocenters. The first-order chi connectivity index (χ1) is 7.42. The normalized spacial score (nSPS) is 35.0. The highest BCUT2D eigenvalue weighted by molar-refractivity contribution is 4.88. The van der Waals surface area contributed by atoms with Crippen LogP contribution in [0.3, 0.4) is 0 Å². The number of likely N-dealkylation sites (N-methyl/N-ethyl adjacent to an activating group) is 1. The lowest BCUT2D eigenvalue weighted by Crippen LogP contribution is -2.51. The van der Waals surface area contributed by atoms with Gasteiger partial charge in [0.25, 0.3) is 0 Å². The molecule has 0 unspecified atom stereocenters. The summed E-state index contributed by atoms with van der Waals surface area (Å²) in [6.45, 7) is 6.13. The summed E-state index contributed by atoms with van der Waals surface area (Å²) in [4.78, 5) is 2.70. The smallest absolute Gasteiger partial charge is 0.0249 e. The van der Waals surface area contributed by atoms with Crippen molar-refractivity contribution in [2.24, 2.45) is 0 Å². The number of likely N-dealkylation sites (tertiary alicyclic amines) is 1. The average Bonchev–Trinajstić information content (AvgIpc) is 2.57. The van der Waals surface area contributed by atoms with E-state index in [1.165, 1.54) is 64.6 Å². The predicted octanol–water partition coefficient (Wildman–Crippen LogP) is 2.39. The topological polar surface area (TPSA) is 15.3 Å². The van der Waals surface area contributed by atoms with Crippen LogP contribution in [0.1, 0.15) is 51.9 Å². The summed E-state index contributed by atoms with van der Waals surface area (Å²) in [5.41, 5.74) is 0. The third kappa shape index (κ3) is 2.94. The maximum absolute atomic E-state index is 3.77. The Labute approximate surface area is 94.4 Å². The Morgan fingerprint density at radius 2 is 1.93 bits per heavy atom. The van der Waals surface area contributed by atoms with E-state index in [0.29, 0.717) is 0 Å². The van der Waals surface area contributed by atoms with Crippen molar-refractivity contribution in [2.75, 3.05) is 19.6 Å². The molecule has 0 aromatic heterocycles. The van der Waals surface area contributed by atoms with Gasteiger partial charge in [-0.15, -0.1) is 0 Å². The fourth-order valence-corrected chi connectivity index (χ4v) is 3.25. The van der Waals surface area contributed by atoms with Crippen LogP contribution in [0.4, 0.5) is 0 Å². The second-order valence-electron chi connectivity index (χ2n) is 5.10. The van der Waals surface area contributed by atoms with E-state index < -0.39 is 0 Å². The van der Waals surface area contributed by atoms with Crippen molar-refractivity contribution in [3.8, 4) is 0 Å². The molecule has 2 nitrogen and oxygen atoms in total. The van der Waals surface area contributed by atoms with Gasteiger partial charge in [-0.25, -0.2) is 0 Å². The first-order valence-electron chi connectivity index (χ1n) is 6.89. The molecule has 0 aromatic rings. The van der Waals surface area contributed by atoms with Crippen molar-refractivity contribution in [3.05, 3.63) is 0 Å². The molecule has 2 saturated heterocycles. The molecule has 0 aromatic carbocycles. The molecule has 2 rings (SSSR count). The summed E-state index contributed by atoms with van der Waals surface area (Å²) in [5, 5.41) is 3.77. The molecule has 2 heterocycles. The fraction of sp³-hybridized carbons (Fsp3) is 1.00. The molecule has 15 heavy (non-hydrogen) atoms. The zero-order valence-corrected chi connectivity index (χ0v) is 10.2. The summed E-state index contributed by atoms with van der Waals surface area (Å²) < 4.78 is 0. The van der Waals surface area contributed by atoms with E-state index in [2.05, 4.69) is 17.1 Å². The summed E-state index contributed by atoms with van der Waals surface area (Å²) in [6.07, 6.45) is 9.94. The highest BCUT2D eigenvalue weighted by Crippen LogP contribution is 2.23. The van der Waals surface area contributed by atoms with Crippen molar-refractivity contribution in [1.29, 1.82) is 0 Å². The largest absolute Gasteiger partial charge is 0.312 e. The lowest BCUT2D eigenvalue weighted by atomic mass is 9.93. The Balaban J connectivity index is 1.92. The maximum Gasteiger partial charge on any atom is 0.0249 e. The van der Waals surface area contributed by atoms with Crippen molar-refractivity contribution < 1.29 is 0 Å². The van der Waals surface area contributed by atoms with E-state index in [9.17, 15) is 0 Å². The third-order valence-corrected chi connectivity index (χ3v) is 4.13. The van der Waals surface area contributed by atoms with Gasteiger partial charge in [0.1, 0.15) is 0 Å². The van der Waals surface area contributed by atoms with Crippen molar-refractivity contribution in [2.45, 2.75) is 64.0 Å². The average molecular weight is 210 g/mol. The van der Waals surface area contributed by atoms with Crippen LogP contribution in [0.5, 0.6) is 0 Å². The molecule has 88 valence electrons. The molecular formula is C13H26N2. The number of nitrogens with one attached hydrogen (secondary N) is 1. The van der Waals surface area contributed by atoms with Gasteiger partial charge in [0.05, 0.1) is 0 Å². The van der Waals surface area contributed by atoms with E-state index in [1.54, 1.807) is 0 Å². The summed E-state index contributed by atoms with van der Waals surface area (Å²) in [5.74, 6) is 0. The summed E-state index contributed by atoms with van der Waals surface area (Å²) >= 11 is 0. The molecule has 1 N–H and O–H groups in total. The van der Waals surface area contributed by atoms with E-state index >= 15 is 0 Å². The zero-order chi connectivity index (χ0) is 10.5. The van der Waals surface area contributed by atoms with Gasteiger partial charge in [-0.1, -0.05) is 26.2 Å². The van der Waals surface area contributed by atoms with Crippen LogP contribution in [0.15, 0.2) is 0 Å². The molecule has 0 saturated carbocycles. The number of hydrogen-bond acceptors (Lipinski definition) is 2. The quantitative estimate of drug-likeness (QED) is 0.753. The van der Waals surface area contributed by atoms with Gasteiger partial charge in [-0.05, 0) is 45.3 Å². The van der Waals surface area contributed by atoms with Gasteiger partial charge in [0.2, 0.25) is 0 Å². The monoisotopic (exact) mass is 210 g/mol. The minimum absolute atomic E-state index is 0.785. The van der Waals surface area contributed by atoms with E-state index in [1.807, 2.05) is 0 Å². The third-order valence-electron chi connectivity index (χ3n) is 4.13. The summed E-state index contributed by atoms with van der Waals surface area (Å²) in [7, 11) is 0. The molecule has 0 spiro atoms. The Kier molecular flexibility index (Phi) is 4.45. The minimum atomic E-state index is 0.785. The Hall–Kier alpha value is -0.0800. The van der Waals surface area contributed by atoms with Gasteiger partial charge >= 0.3 is 0 Å². The van der Waals surface area contributed by atoms with Crippen LogP contribution in [0.2, 0.25) is 0 Å². The second-order valence-corrected chi connectivity index (χ2v) is 5.10. The first-order valence-corrected chi connectivity index (χ1v) is 6.89. The molecule has 0 aliphatic carbocycles. The highest BCUT2D eigenvalue weighted by Gasteiger charge is 2.28. The lowest BCUT2D eigenvalue weighted by Gasteiger charge is -2.40. The van der Waals surface area contributed by atoms with Gasteiger partial charge in [0, 0.05) is 12.1 Å². The molecule has 2 fully saturated rings. The highest BCUT2D eigenvalue weighted by atomic mass is 15.2. The maximum atomic E-state index is 3.77. The van der Waals surface area contributed by atoms with Crippen LogP contribution < -0.4 is 5.32 Å². The zero-order valence-electron chi connectivity index (χ0n) is 10.2. The Morgan fingerprint density at radius 3 is 2.80 bits per heavy atom. The molecule has 0 radical (unpaired) electrons. The van der Waals surface area contributed by atoms with Gasteiger partial charge < -0.3 is 5.32 Å². The van der Waals surface area contributed by atoms with Crippen LogP contribution >= 0.6 is 0 Å². The van der Waals surface area contributed by atoms with E-state index in [-0.39, 0.29) is 0 Å². The molecule has 2 heteroatoms. The van der Waals surface area contributed by atoms with E-state index in [0.717, 1.165) is 12.1 Å². The number of nitrogens with zero attached hydrogens (tertiary/aromatic N) is 1. The Morgan fingerprint density at radius 1 is 1.07 bits per heavy atom. The minimum Gasteiger partial charge on any atom is -0.312 e. The number of piperidine rings is 1. The molecular weight excluding hydrogens is 184 g/mol. The standard InChI is InChI=1S/C13H26N2/c1-2-15-11-7-5-9-13(15)12-8-4-3-6-10-14-12/h12-14H,2-11H2,1H3/t12-,13+/m1/s1. The fourth-order valence-electron chi connectivity index (χ4n) is 3.25. The molecule has 0 amide bonds. The van der Waals surface area contributed by atoms with Gasteiger partial charge in [-0.2, -0.15) is 0 Å². The molecule has 2 aliphatic rings. The number of hydrogen-bond donors (Lipinski definition) is 1. The van der Waals surface area contributed by atoms with Crippen LogP contribution in [-0.2, 0) is 0 Å². The van der Waals surface area contributed by atoms with E-state index in [4.69, 9.17) is 0 Å². The van der Waals surface area contributed by atoms with Crippen molar-refractivity contribution in [1.82, 2.24) is 10.2 Å². The number of rotatable bonds is 2. The second kappa shape index (κ2) is 5.86. The van der Waals surface area contributed by atoms with Gasteiger partial charge in [-0.3, -0.25) is 4.90 Å². The van der Waals surface area contributed by atoms with Crippen LogP contribution in [0.25, 0.3) is 0 Å². The predicted molar refractivity (Wildman–Crippen MR) is 65.1 cm³/mol. The van der Waals surface area contributed by atoms with Crippen LogP contribution in [-0.4, -0.2) is 36.6 Å². The first kappa shape index (κ1) is 11.4.